The van der Waals surface area contributed by atoms with Crippen LogP contribution in [-0.4, -0.2) is 47.3 Å². The van der Waals surface area contributed by atoms with Crippen molar-refractivity contribution < 1.29 is 5.11 Å². The van der Waals surface area contributed by atoms with Gasteiger partial charge in [-0.3, -0.25) is 4.98 Å². The lowest BCUT2D eigenvalue weighted by Gasteiger charge is -2.32. The van der Waals surface area contributed by atoms with E-state index in [2.05, 4.69) is 39.5 Å². The first kappa shape index (κ1) is 13.3. The lowest BCUT2D eigenvalue weighted by Crippen LogP contribution is -2.40. The fourth-order valence-electron chi connectivity index (χ4n) is 2.91. The lowest BCUT2D eigenvalue weighted by molar-refractivity contribution is 0.168. The van der Waals surface area contributed by atoms with Crippen LogP contribution in [0.4, 0.5) is 5.69 Å². The van der Waals surface area contributed by atoms with Crippen LogP contribution in [0, 0.1) is 0 Å². The van der Waals surface area contributed by atoms with E-state index in [4.69, 9.17) is 5.11 Å². The van der Waals surface area contributed by atoms with Gasteiger partial charge in [-0.25, -0.2) is 0 Å². The number of nitrogens with zero attached hydrogens (tertiary/aromatic N) is 2. The average Bonchev–Trinajstić information content (AvgIpc) is 2.50. The van der Waals surface area contributed by atoms with Crippen molar-refractivity contribution in [2.24, 2.45) is 0 Å². The van der Waals surface area contributed by atoms with Crippen LogP contribution < -0.4 is 5.32 Å². The second-order valence-corrected chi connectivity index (χ2v) is 5.39. The highest BCUT2D eigenvalue weighted by molar-refractivity contribution is 5.93. The van der Waals surface area contributed by atoms with Gasteiger partial charge >= 0.3 is 0 Å². The lowest BCUT2D eigenvalue weighted by atomic mass is 10.0. The molecule has 0 unspecified atom stereocenters. The normalized spacial score (nSPS) is 17.4. The second-order valence-electron chi connectivity index (χ2n) is 5.39. The molecule has 2 aromatic rings. The van der Waals surface area contributed by atoms with Crippen LogP contribution >= 0.6 is 0 Å². The van der Waals surface area contributed by atoms with Gasteiger partial charge in [-0.15, -0.1) is 0 Å². The number of rotatable bonds is 4. The molecule has 0 aliphatic carbocycles. The van der Waals surface area contributed by atoms with Crippen LogP contribution in [0.3, 0.4) is 0 Å². The summed E-state index contributed by atoms with van der Waals surface area (Å²) in [5.74, 6) is 0. The Morgan fingerprint density at radius 2 is 2.10 bits per heavy atom. The minimum Gasteiger partial charge on any atom is -0.395 e. The maximum absolute atomic E-state index is 8.97. The van der Waals surface area contributed by atoms with Gasteiger partial charge in [0.15, 0.2) is 0 Å². The fourth-order valence-corrected chi connectivity index (χ4v) is 2.91. The minimum absolute atomic E-state index is 0.258. The number of pyridine rings is 1. The number of hydrogen-bond donors (Lipinski definition) is 2. The molecule has 1 aromatic heterocycles. The highest BCUT2D eigenvalue weighted by Crippen LogP contribution is 2.24. The zero-order valence-electron chi connectivity index (χ0n) is 11.6. The zero-order valence-corrected chi connectivity index (χ0v) is 11.6. The van der Waals surface area contributed by atoms with E-state index in [1.54, 1.807) is 0 Å². The van der Waals surface area contributed by atoms with Crippen molar-refractivity contribution in [2.45, 2.75) is 18.9 Å². The number of anilines is 1. The third-order valence-corrected chi connectivity index (χ3v) is 4.04. The molecule has 1 saturated heterocycles. The van der Waals surface area contributed by atoms with Crippen molar-refractivity contribution in [1.29, 1.82) is 0 Å². The Balaban J connectivity index is 1.68. The van der Waals surface area contributed by atoms with Gasteiger partial charge in [0.05, 0.1) is 6.61 Å². The Morgan fingerprint density at radius 3 is 2.90 bits per heavy atom. The monoisotopic (exact) mass is 271 g/mol. The summed E-state index contributed by atoms with van der Waals surface area (Å²) in [6.45, 7) is 3.18. The molecule has 1 aliphatic rings. The van der Waals surface area contributed by atoms with E-state index in [0.717, 1.165) is 32.5 Å². The van der Waals surface area contributed by atoms with Crippen LogP contribution in [0.5, 0.6) is 0 Å². The summed E-state index contributed by atoms with van der Waals surface area (Å²) in [7, 11) is 0. The quantitative estimate of drug-likeness (QED) is 0.894. The van der Waals surface area contributed by atoms with Gasteiger partial charge in [0.25, 0.3) is 0 Å². The molecule has 20 heavy (non-hydrogen) atoms. The number of benzene rings is 1. The van der Waals surface area contributed by atoms with E-state index in [1.807, 2.05) is 12.4 Å². The summed E-state index contributed by atoms with van der Waals surface area (Å²) in [6.07, 6.45) is 6.00. The molecule has 4 nitrogen and oxygen atoms in total. The molecule has 0 atom stereocenters. The average molecular weight is 271 g/mol. The third kappa shape index (κ3) is 2.92. The molecule has 2 N–H and O–H groups in total. The number of fused-ring (bicyclic) bond motifs is 1. The largest absolute Gasteiger partial charge is 0.395 e. The second kappa shape index (κ2) is 6.20. The molecule has 106 valence electrons. The predicted octanol–water partition coefficient (Wildman–Crippen LogP) is 2.10. The molecular weight excluding hydrogens is 250 g/mol. The molecule has 3 rings (SSSR count). The van der Waals surface area contributed by atoms with Gasteiger partial charge < -0.3 is 15.3 Å². The predicted molar refractivity (Wildman–Crippen MR) is 81.9 cm³/mol. The van der Waals surface area contributed by atoms with Crippen molar-refractivity contribution in [3.8, 4) is 0 Å². The fraction of sp³-hybridized carbons (Fsp3) is 0.438. The van der Waals surface area contributed by atoms with E-state index >= 15 is 0 Å². The molecular formula is C16H21N3O. The maximum Gasteiger partial charge on any atom is 0.0558 e. The molecule has 4 heteroatoms. The molecule has 1 aliphatic heterocycles. The van der Waals surface area contributed by atoms with Crippen molar-refractivity contribution in [1.82, 2.24) is 9.88 Å². The summed E-state index contributed by atoms with van der Waals surface area (Å²) in [5.41, 5.74) is 1.20. The summed E-state index contributed by atoms with van der Waals surface area (Å²) >= 11 is 0. The third-order valence-electron chi connectivity index (χ3n) is 4.04. The van der Waals surface area contributed by atoms with E-state index in [9.17, 15) is 0 Å². The van der Waals surface area contributed by atoms with Gasteiger partial charge in [0.2, 0.25) is 0 Å². The molecule has 0 spiro atoms. The molecule has 0 amide bonds. The Bertz CT molecular complexity index is 559. The number of likely N-dealkylation sites (tertiary alicyclic amines) is 1. The van der Waals surface area contributed by atoms with Gasteiger partial charge in [-0.1, -0.05) is 12.1 Å². The Kier molecular flexibility index (Phi) is 4.14. The van der Waals surface area contributed by atoms with Gasteiger partial charge in [0, 0.05) is 54.5 Å². The van der Waals surface area contributed by atoms with Crippen molar-refractivity contribution in [3.05, 3.63) is 36.7 Å². The highest BCUT2D eigenvalue weighted by atomic mass is 16.3. The van der Waals surface area contributed by atoms with Crippen molar-refractivity contribution in [3.63, 3.8) is 0 Å². The van der Waals surface area contributed by atoms with Gasteiger partial charge in [-0.2, -0.15) is 0 Å². The summed E-state index contributed by atoms with van der Waals surface area (Å²) in [6, 6.07) is 8.90. The first-order valence-electron chi connectivity index (χ1n) is 7.29. The first-order valence-corrected chi connectivity index (χ1v) is 7.29. The summed E-state index contributed by atoms with van der Waals surface area (Å²) < 4.78 is 0. The summed E-state index contributed by atoms with van der Waals surface area (Å²) in [5, 5.41) is 15.1. The number of β-amino-alcohol motifs (C(OH)–C–C–N with tert-alkyl or cyclic N) is 1. The van der Waals surface area contributed by atoms with Crippen molar-refractivity contribution >= 4 is 16.5 Å². The highest BCUT2D eigenvalue weighted by Gasteiger charge is 2.18. The van der Waals surface area contributed by atoms with Crippen LogP contribution in [0.25, 0.3) is 10.8 Å². The number of aromatic nitrogens is 1. The molecule has 0 radical (unpaired) electrons. The van der Waals surface area contributed by atoms with Crippen LogP contribution in [0.15, 0.2) is 36.7 Å². The SMILES string of the molecule is OCCN1CCC(Nc2cccc3cnccc23)CC1. The van der Waals surface area contributed by atoms with Crippen LogP contribution in [-0.2, 0) is 0 Å². The minimum atomic E-state index is 0.258. The van der Waals surface area contributed by atoms with E-state index in [0.29, 0.717) is 6.04 Å². The first-order chi connectivity index (χ1) is 9.86. The number of nitrogens with one attached hydrogen (secondary N) is 1. The van der Waals surface area contributed by atoms with E-state index in [-0.39, 0.29) is 6.61 Å². The number of aliphatic hydroxyl groups excluding tert-OH is 1. The van der Waals surface area contributed by atoms with E-state index < -0.39 is 0 Å². The smallest absolute Gasteiger partial charge is 0.0558 e. The van der Waals surface area contributed by atoms with Crippen LogP contribution in [0.2, 0.25) is 0 Å². The van der Waals surface area contributed by atoms with Crippen molar-refractivity contribution in [2.75, 3.05) is 31.6 Å². The molecule has 1 fully saturated rings. The molecule has 0 bridgehead atoms. The number of piperidine rings is 1. The van der Waals surface area contributed by atoms with Gasteiger partial charge in [0.1, 0.15) is 0 Å². The Morgan fingerprint density at radius 1 is 1.25 bits per heavy atom. The molecule has 0 saturated carbocycles. The Labute approximate surface area is 119 Å². The zero-order chi connectivity index (χ0) is 13.8. The van der Waals surface area contributed by atoms with E-state index in [1.165, 1.54) is 16.5 Å². The van der Waals surface area contributed by atoms with Crippen LogP contribution in [0.1, 0.15) is 12.8 Å². The topological polar surface area (TPSA) is 48.4 Å². The molecule has 1 aromatic carbocycles. The number of hydrogen-bond acceptors (Lipinski definition) is 4. The molecule has 2 heterocycles. The van der Waals surface area contributed by atoms with Gasteiger partial charge in [-0.05, 0) is 25.0 Å². The standard InChI is InChI=1S/C16H21N3O/c20-11-10-19-8-5-14(6-9-19)18-16-3-1-2-13-12-17-7-4-15(13)16/h1-4,7,12,14,18,20H,5-6,8-11H2. The maximum atomic E-state index is 8.97. The number of aliphatic hydroxyl groups is 1. The summed E-state index contributed by atoms with van der Waals surface area (Å²) in [4.78, 5) is 6.50. The Hall–Kier alpha value is -1.65.